The highest BCUT2D eigenvalue weighted by atomic mass is 35.5. The van der Waals surface area contributed by atoms with Crippen LogP contribution >= 0.6 is 22.9 Å². The third-order valence-electron chi connectivity index (χ3n) is 3.86. The zero-order chi connectivity index (χ0) is 20.5. The number of amides is 1. The van der Waals surface area contributed by atoms with E-state index < -0.39 is 5.97 Å². The molecule has 2 aromatic rings. The van der Waals surface area contributed by atoms with Gasteiger partial charge in [-0.1, -0.05) is 17.7 Å². The van der Waals surface area contributed by atoms with Gasteiger partial charge in [0.05, 0.1) is 25.1 Å². The van der Waals surface area contributed by atoms with E-state index in [-0.39, 0.29) is 12.5 Å². The van der Waals surface area contributed by atoms with Crippen molar-refractivity contribution in [3.05, 3.63) is 51.2 Å². The first-order valence-corrected chi connectivity index (χ1v) is 9.75. The third-order valence-corrected chi connectivity index (χ3v) is 5.08. The summed E-state index contributed by atoms with van der Waals surface area (Å²) in [5.41, 5.74) is 0.741. The normalized spacial score (nSPS) is 10.7. The van der Waals surface area contributed by atoms with Crippen molar-refractivity contribution in [3.63, 3.8) is 0 Å². The van der Waals surface area contributed by atoms with Gasteiger partial charge in [0.25, 0.3) is 5.91 Å². The molecular formula is C20H22ClNO5S. The Hall–Kier alpha value is -2.51. The molecule has 0 atom stereocenters. The lowest BCUT2D eigenvalue weighted by Crippen LogP contribution is -2.34. The lowest BCUT2D eigenvalue weighted by atomic mass is 10.2. The number of thiophene rings is 1. The Labute approximate surface area is 173 Å². The Morgan fingerprint density at radius 1 is 1.18 bits per heavy atom. The number of halogens is 1. The molecule has 1 amide bonds. The molecule has 1 heterocycles. The standard InChI is InChI=1S/C20H22ClNO5S/c1-4-22(12-15-7-9-18(21)28-15)19(23)13-27-16-8-5-14(11-17(16)25-2)6-10-20(24)26-3/h5-11H,4,12-13H2,1-3H3. The Kier molecular flexibility index (Phi) is 8.35. The molecular weight excluding hydrogens is 402 g/mol. The highest BCUT2D eigenvalue weighted by molar-refractivity contribution is 7.16. The number of hydrogen-bond acceptors (Lipinski definition) is 6. The van der Waals surface area contributed by atoms with Gasteiger partial charge in [0.15, 0.2) is 18.1 Å². The first-order valence-electron chi connectivity index (χ1n) is 8.55. The lowest BCUT2D eigenvalue weighted by Gasteiger charge is -2.20. The molecule has 8 heteroatoms. The number of likely N-dealkylation sites (N-methyl/N-ethyl adjacent to an activating group) is 1. The first kappa shape index (κ1) is 21.8. The van der Waals surface area contributed by atoms with Crippen molar-refractivity contribution in [3.8, 4) is 11.5 Å². The molecule has 0 bridgehead atoms. The van der Waals surface area contributed by atoms with Gasteiger partial charge in [0.2, 0.25) is 0 Å². The van der Waals surface area contributed by atoms with E-state index in [9.17, 15) is 9.59 Å². The van der Waals surface area contributed by atoms with E-state index in [1.807, 2.05) is 19.1 Å². The molecule has 0 fully saturated rings. The van der Waals surface area contributed by atoms with E-state index in [0.717, 1.165) is 10.4 Å². The summed E-state index contributed by atoms with van der Waals surface area (Å²) in [4.78, 5) is 26.4. The molecule has 6 nitrogen and oxygen atoms in total. The molecule has 0 saturated heterocycles. The average Bonchev–Trinajstić information content (AvgIpc) is 3.13. The topological polar surface area (TPSA) is 65.1 Å². The van der Waals surface area contributed by atoms with E-state index >= 15 is 0 Å². The van der Waals surface area contributed by atoms with Crippen LogP contribution in [0.1, 0.15) is 17.4 Å². The summed E-state index contributed by atoms with van der Waals surface area (Å²) >= 11 is 7.40. The molecule has 0 N–H and O–H groups in total. The molecule has 0 aliphatic rings. The number of ether oxygens (including phenoxy) is 3. The minimum Gasteiger partial charge on any atom is -0.493 e. The zero-order valence-corrected chi connectivity index (χ0v) is 17.5. The number of nitrogens with zero attached hydrogens (tertiary/aromatic N) is 1. The summed E-state index contributed by atoms with van der Waals surface area (Å²) in [6, 6.07) is 8.89. The molecule has 0 unspecified atom stereocenters. The number of benzene rings is 1. The summed E-state index contributed by atoms with van der Waals surface area (Å²) < 4.78 is 16.2. The Morgan fingerprint density at radius 2 is 1.96 bits per heavy atom. The van der Waals surface area contributed by atoms with Crippen LogP contribution in [0, 0.1) is 0 Å². The second-order valence-electron chi connectivity index (χ2n) is 5.67. The van der Waals surface area contributed by atoms with Gasteiger partial charge >= 0.3 is 5.97 Å². The van der Waals surface area contributed by atoms with Crippen LogP contribution in [0.25, 0.3) is 6.08 Å². The van der Waals surface area contributed by atoms with Crippen molar-refractivity contribution in [2.75, 3.05) is 27.4 Å². The van der Waals surface area contributed by atoms with Crippen molar-refractivity contribution >= 4 is 40.9 Å². The molecule has 0 spiro atoms. The number of carbonyl (C=O) groups excluding carboxylic acids is 2. The first-order chi connectivity index (χ1) is 13.5. The van der Waals surface area contributed by atoms with E-state index in [2.05, 4.69) is 4.74 Å². The molecule has 2 rings (SSSR count). The molecule has 28 heavy (non-hydrogen) atoms. The summed E-state index contributed by atoms with van der Waals surface area (Å²) in [7, 11) is 2.82. The van der Waals surface area contributed by atoms with Crippen LogP contribution in [-0.4, -0.2) is 44.1 Å². The van der Waals surface area contributed by atoms with Gasteiger partial charge in [-0.25, -0.2) is 4.79 Å². The van der Waals surface area contributed by atoms with Crippen LogP contribution in [0.2, 0.25) is 4.34 Å². The zero-order valence-electron chi connectivity index (χ0n) is 15.9. The van der Waals surface area contributed by atoms with Gasteiger partial charge in [-0.05, 0) is 42.8 Å². The largest absolute Gasteiger partial charge is 0.493 e. The maximum atomic E-state index is 12.5. The van der Waals surface area contributed by atoms with Gasteiger partial charge in [-0.3, -0.25) is 4.79 Å². The van der Waals surface area contributed by atoms with E-state index in [1.165, 1.54) is 31.6 Å². The van der Waals surface area contributed by atoms with Crippen molar-refractivity contribution in [2.24, 2.45) is 0 Å². The van der Waals surface area contributed by atoms with Gasteiger partial charge in [0, 0.05) is 17.5 Å². The highest BCUT2D eigenvalue weighted by Crippen LogP contribution is 2.29. The summed E-state index contributed by atoms with van der Waals surface area (Å²) in [5, 5.41) is 0. The molecule has 0 radical (unpaired) electrons. The Balaban J connectivity index is 2.00. The number of carbonyl (C=O) groups is 2. The highest BCUT2D eigenvalue weighted by Gasteiger charge is 2.15. The van der Waals surface area contributed by atoms with Crippen LogP contribution in [0.15, 0.2) is 36.4 Å². The summed E-state index contributed by atoms with van der Waals surface area (Å²) in [6.45, 7) is 2.85. The smallest absolute Gasteiger partial charge is 0.330 e. The number of methoxy groups -OCH3 is 2. The van der Waals surface area contributed by atoms with E-state index in [1.54, 1.807) is 29.2 Å². The van der Waals surface area contributed by atoms with E-state index in [4.69, 9.17) is 21.1 Å². The fourth-order valence-corrected chi connectivity index (χ4v) is 3.47. The van der Waals surface area contributed by atoms with Crippen molar-refractivity contribution in [1.29, 1.82) is 0 Å². The number of hydrogen-bond donors (Lipinski definition) is 0. The van der Waals surface area contributed by atoms with Crippen molar-refractivity contribution in [2.45, 2.75) is 13.5 Å². The second kappa shape index (κ2) is 10.7. The summed E-state index contributed by atoms with van der Waals surface area (Å²) in [5.74, 6) is 0.328. The monoisotopic (exact) mass is 423 g/mol. The SMILES string of the molecule is CCN(Cc1ccc(Cl)s1)C(=O)COc1ccc(C=CC(=O)OC)cc1OC. The van der Waals surface area contributed by atoms with Crippen LogP contribution in [0.3, 0.4) is 0 Å². The molecule has 0 saturated carbocycles. The minimum atomic E-state index is -0.448. The Morgan fingerprint density at radius 3 is 2.57 bits per heavy atom. The molecule has 1 aromatic heterocycles. The Bertz CT molecular complexity index is 849. The quantitative estimate of drug-likeness (QED) is 0.450. The van der Waals surface area contributed by atoms with Gasteiger partial charge in [-0.2, -0.15) is 0 Å². The second-order valence-corrected chi connectivity index (χ2v) is 7.47. The van der Waals surface area contributed by atoms with Gasteiger partial charge in [-0.15, -0.1) is 11.3 Å². The number of rotatable bonds is 9. The van der Waals surface area contributed by atoms with Crippen molar-refractivity contribution < 1.29 is 23.8 Å². The van der Waals surface area contributed by atoms with Crippen LogP contribution in [0.4, 0.5) is 0 Å². The fourth-order valence-electron chi connectivity index (χ4n) is 2.37. The van der Waals surface area contributed by atoms with Crippen LogP contribution in [-0.2, 0) is 20.9 Å². The van der Waals surface area contributed by atoms with Crippen molar-refractivity contribution in [1.82, 2.24) is 4.90 Å². The minimum absolute atomic E-state index is 0.110. The third kappa shape index (κ3) is 6.28. The predicted octanol–water partition coefficient (Wildman–Crippen LogP) is 4.02. The van der Waals surface area contributed by atoms with Gasteiger partial charge in [0.1, 0.15) is 0 Å². The maximum absolute atomic E-state index is 12.5. The lowest BCUT2D eigenvalue weighted by molar-refractivity contribution is -0.135. The molecule has 0 aliphatic carbocycles. The molecule has 150 valence electrons. The maximum Gasteiger partial charge on any atom is 0.330 e. The fraction of sp³-hybridized carbons (Fsp3) is 0.300. The van der Waals surface area contributed by atoms with Gasteiger partial charge < -0.3 is 19.1 Å². The summed E-state index contributed by atoms with van der Waals surface area (Å²) in [6.07, 6.45) is 2.92. The average molecular weight is 424 g/mol. The van der Waals surface area contributed by atoms with Crippen LogP contribution < -0.4 is 9.47 Å². The van der Waals surface area contributed by atoms with Crippen LogP contribution in [0.5, 0.6) is 11.5 Å². The molecule has 0 aliphatic heterocycles. The van der Waals surface area contributed by atoms with E-state index in [0.29, 0.717) is 28.9 Å². The number of esters is 1. The molecule has 1 aromatic carbocycles. The predicted molar refractivity (Wildman–Crippen MR) is 110 cm³/mol.